The molecule has 0 aromatic rings. The number of halogens is 3. The molecule has 0 saturated heterocycles. The number of esters is 4. The first-order chi connectivity index (χ1) is 20.1. The van der Waals surface area contributed by atoms with Crippen molar-refractivity contribution in [3.63, 3.8) is 0 Å². The highest BCUT2D eigenvalue weighted by Crippen LogP contribution is 2.15. The van der Waals surface area contributed by atoms with E-state index in [1.54, 1.807) is 6.92 Å². The number of rotatable bonds is 3. The van der Waals surface area contributed by atoms with Gasteiger partial charge >= 0.3 is 23.9 Å². The van der Waals surface area contributed by atoms with E-state index >= 15 is 0 Å². The molecule has 0 aromatic carbocycles. The van der Waals surface area contributed by atoms with Gasteiger partial charge < -0.3 is 28.8 Å². The lowest BCUT2D eigenvalue weighted by Gasteiger charge is -2.05. The van der Waals surface area contributed by atoms with Gasteiger partial charge in [-0.25, -0.2) is 4.79 Å². The summed E-state index contributed by atoms with van der Waals surface area (Å²) >= 11 is 6.70. The maximum atomic E-state index is 10.1. The molecule has 0 aliphatic heterocycles. The van der Waals surface area contributed by atoms with Crippen LogP contribution in [0.1, 0.15) is 119 Å². The number of aliphatic hydroxyl groups excluding tert-OH is 1. The molecule has 0 spiro atoms. The zero-order chi connectivity index (χ0) is 34.5. The van der Waals surface area contributed by atoms with Crippen LogP contribution >= 0.6 is 67.8 Å². The lowest BCUT2D eigenvalue weighted by Crippen LogP contribution is -2.07. The second-order valence-corrected chi connectivity index (χ2v) is 12.1. The topological polar surface area (TPSA) is 135 Å². The SMILES string of the molecule is C.C.C1CCCCC1.C1CCCCC1.CCC(=O)OC.CI.CO.COC(C)=O.COC(C)=O.COCC(=O)OC.ICI. The van der Waals surface area contributed by atoms with Crippen LogP contribution < -0.4 is 0 Å². The van der Waals surface area contributed by atoms with Crippen molar-refractivity contribution in [3.8, 4) is 0 Å². The Morgan fingerprint density at radius 3 is 0.773 bits per heavy atom. The average molecular weight is 983 g/mol. The summed E-state index contributed by atoms with van der Waals surface area (Å²) in [5, 5.41) is 7.00. The third kappa shape index (κ3) is 113. The molecule has 0 aromatic heterocycles. The molecule has 0 heterocycles. The van der Waals surface area contributed by atoms with Gasteiger partial charge in [-0.05, 0) is 4.93 Å². The van der Waals surface area contributed by atoms with Gasteiger partial charge in [-0.2, -0.15) is 0 Å². The minimum absolute atomic E-state index is 0. The highest BCUT2D eigenvalue weighted by Gasteiger charge is 1.96. The van der Waals surface area contributed by atoms with Crippen molar-refractivity contribution in [2.75, 3.05) is 56.6 Å². The third-order valence-electron chi connectivity index (χ3n) is 4.58. The summed E-state index contributed by atoms with van der Waals surface area (Å²) in [6, 6.07) is 0. The molecular weight excluding hydrogens is 913 g/mol. The molecule has 10 nitrogen and oxygen atoms in total. The lowest BCUT2D eigenvalue weighted by molar-refractivity contribution is -0.145. The Bertz CT molecular complexity index is 450. The molecule has 2 rings (SSSR count). The van der Waals surface area contributed by atoms with Crippen molar-refractivity contribution in [1.29, 1.82) is 0 Å². The molecule has 1 N–H and O–H groups in total. The molecule has 0 atom stereocenters. The van der Waals surface area contributed by atoms with E-state index in [1.165, 1.54) is 129 Å². The molecule has 13 heteroatoms. The maximum absolute atomic E-state index is 10.1. The van der Waals surface area contributed by atoms with Gasteiger partial charge in [0, 0.05) is 34.5 Å². The molecule has 2 aliphatic carbocycles. The fraction of sp³-hybridized carbons (Fsp3) is 0.871. The van der Waals surface area contributed by atoms with Crippen LogP contribution in [0, 0.1) is 0 Å². The average Bonchev–Trinajstić information content (AvgIpc) is 3.06. The van der Waals surface area contributed by atoms with Gasteiger partial charge in [0.1, 0.15) is 6.61 Å². The molecule has 0 radical (unpaired) electrons. The van der Waals surface area contributed by atoms with Gasteiger partial charge in [0.2, 0.25) is 0 Å². The number of alkyl halides is 3. The van der Waals surface area contributed by atoms with Crippen LogP contribution in [0.25, 0.3) is 0 Å². The highest BCUT2D eigenvalue weighted by atomic mass is 127. The van der Waals surface area contributed by atoms with Gasteiger partial charge in [-0.1, -0.05) is 167 Å². The normalized spacial score (nSPS) is 11.1. The molecule has 0 bridgehead atoms. The van der Waals surface area contributed by atoms with Gasteiger partial charge in [-0.15, -0.1) is 0 Å². The Hall–Kier alpha value is -0.0100. The van der Waals surface area contributed by atoms with E-state index in [-0.39, 0.29) is 45.3 Å². The molecule has 2 fully saturated rings. The summed E-state index contributed by atoms with van der Waals surface area (Å²) < 4.78 is 22.3. The molecule has 0 unspecified atom stereocenters. The van der Waals surface area contributed by atoms with Crippen molar-refractivity contribution in [2.24, 2.45) is 0 Å². The van der Waals surface area contributed by atoms with Gasteiger partial charge in [-0.3, -0.25) is 14.4 Å². The van der Waals surface area contributed by atoms with E-state index in [9.17, 15) is 19.2 Å². The van der Waals surface area contributed by atoms with E-state index in [4.69, 9.17) is 5.11 Å². The van der Waals surface area contributed by atoms with E-state index in [0.717, 1.165) is 7.11 Å². The quantitative estimate of drug-likeness (QED) is 0.126. The Morgan fingerprint density at radius 2 is 0.727 bits per heavy atom. The predicted octanol–water partition coefficient (Wildman–Crippen LogP) is 9.16. The number of aliphatic hydroxyl groups is 1. The van der Waals surface area contributed by atoms with Crippen molar-refractivity contribution >= 4 is 91.6 Å². The number of carbonyl (C=O) groups is 4. The van der Waals surface area contributed by atoms with E-state index in [2.05, 4.69) is 91.5 Å². The first-order valence-electron chi connectivity index (χ1n) is 13.7. The molecule has 2 saturated carbocycles. The summed E-state index contributed by atoms with van der Waals surface area (Å²) in [6.45, 7) is 4.52. The van der Waals surface area contributed by atoms with Crippen molar-refractivity contribution < 1.29 is 48.0 Å². The van der Waals surface area contributed by atoms with Crippen LogP contribution in [-0.4, -0.2) is 85.6 Å². The summed E-state index contributed by atoms with van der Waals surface area (Å²) in [5.41, 5.74) is 0. The molecule has 44 heavy (non-hydrogen) atoms. The third-order valence-corrected chi connectivity index (χ3v) is 4.58. The van der Waals surface area contributed by atoms with Crippen LogP contribution in [0.4, 0.5) is 0 Å². The molecule has 274 valence electrons. The van der Waals surface area contributed by atoms with Crippen molar-refractivity contribution in [1.82, 2.24) is 0 Å². The Morgan fingerprint density at radius 1 is 0.545 bits per heavy atom. The second kappa shape index (κ2) is 74.1. The van der Waals surface area contributed by atoms with Crippen LogP contribution in [0.15, 0.2) is 0 Å². The number of hydrogen-bond acceptors (Lipinski definition) is 10. The predicted molar refractivity (Wildman–Crippen MR) is 211 cm³/mol. The first-order valence-corrected chi connectivity index (χ1v) is 18.9. The summed E-state index contributed by atoms with van der Waals surface area (Å²) in [7, 11) is 7.84. The van der Waals surface area contributed by atoms with Gasteiger partial charge in [0.25, 0.3) is 0 Å². The minimum atomic E-state index is -0.345. The molecule has 0 amide bonds. The Labute approximate surface area is 313 Å². The molecule has 2 aliphatic rings. The Balaban J connectivity index is -0.0000000456. The van der Waals surface area contributed by atoms with E-state index < -0.39 is 0 Å². The zero-order valence-electron chi connectivity index (χ0n) is 27.9. The van der Waals surface area contributed by atoms with E-state index in [1.807, 2.05) is 4.93 Å². The second-order valence-electron chi connectivity index (χ2n) is 7.67. The van der Waals surface area contributed by atoms with Crippen molar-refractivity contribution in [3.05, 3.63) is 0 Å². The van der Waals surface area contributed by atoms with Gasteiger partial charge in [0.15, 0.2) is 0 Å². The van der Waals surface area contributed by atoms with Gasteiger partial charge in [0.05, 0.1) is 30.9 Å². The summed E-state index contributed by atoms with van der Waals surface area (Å²) in [6.07, 6.45) is 18.5. The largest absolute Gasteiger partial charge is 0.469 e. The maximum Gasteiger partial charge on any atom is 0.331 e. The zero-order valence-corrected chi connectivity index (χ0v) is 34.3. The fourth-order valence-corrected chi connectivity index (χ4v) is 2.44. The molecular formula is C31H69I3O10. The highest BCUT2D eigenvalue weighted by molar-refractivity contribution is 14.2. The van der Waals surface area contributed by atoms with Crippen LogP contribution in [0.5, 0.6) is 0 Å². The fourth-order valence-electron chi connectivity index (χ4n) is 2.44. The summed E-state index contributed by atoms with van der Waals surface area (Å²) in [4.78, 5) is 41.2. The number of ether oxygens (including phenoxy) is 5. The Kier molecular flexibility index (Phi) is 112. The van der Waals surface area contributed by atoms with Crippen LogP contribution in [0.2, 0.25) is 0 Å². The number of methoxy groups -OCH3 is 5. The number of carbonyl (C=O) groups excluding carboxylic acids is 4. The lowest BCUT2D eigenvalue weighted by atomic mass is 10.0. The standard InChI is InChI=1S/2C6H12.C4H8O3.C4H8O2.2C3H6O2.CH2I2.CH3I.CH4O.2CH4/c2*1-2-4-6-5-3-1;1-6-3-4(5)7-2;1-3-4(5)6-2;2*1-3(4)5-2;2-1-3;2*1-2;;/h2*1-6H2;3H2,1-2H3;3H2,1-2H3;2*1-2H3;1H2;1H3;2H,1H3;2*1H4. The monoisotopic (exact) mass is 982 g/mol. The van der Waals surface area contributed by atoms with E-state index in [0.29, 0.717) is 6.42 Å². The first kappa shape index (κ1) is 66.4. The number of hydrogen-bond donors (Lipinski definition) is 1. The smallest absolute Gasteiger partial charge is 0.331 e. The minimum Gasteiger partial charge on any atom is -0.469 e. The van der Waals surface area contributed by atoms with Crippen LogP contribution in [0.3, 0.4) is 0 Å². The van der Waals surface area contributed by atoms with Crippen LogP contribution in [-0.2, 0) is 42.9 Å². The summed E-state index contributed by atoms with van der Waals surface area (Å²) in [5.74, 6) is -0.993. The van der Waals surface area contributed by atoms with Crippen molar-refractivity contribution in [2.45, 2.75) is 119 Å².